The molecule has 1 rings (SSSR count). The van der Waals surface area contributed by atoms with E-state index in [0.29, 0.717) is 19.4 Å². The van der Waals surface area contributed by atoms with Gasteiger partial charge in [-0.25, -0.2) is 0 Å². The largest absolute Gasteiger partial charge is 0.368 e. The van der Waals surface area contributed by atoms with E-state index in [9.17, 15) is 14.4 Å². The quantitative estimate of drug-likeness (QED) is 0.725. The van der Waals surface area contributed by atoms with Gasteiger partial charge in [-0.2, -0.15) is 0 Å². The van der Waals surface area contributed by atoms with Crippen LogP contribution in [0.2, 0.25) is 0 Å². The lowest BCUT2D eigenvalue weighted by Gasteiger charge is -2.26. The van der Waals surface area contributed by atoms with Crippen LogP contribution >= 0.6 is 0 Å². The number of carbonyl (C=O) groups is 3. The fraction of sp³-hybridized carbons (Fsp3) is 0.750. The van der Waals surface area contributed by atoms with E-state index >= 15 is 0 Å². The number of Topliss-reactive ketones (excluding diaryl/α,β-unsaturated/α-hetero) is 1. The molecule has 5 heteroatoms. The molecule has 0 saturated carbocycles. The van der Waals surface area contributed by atoms with Gasteiger partial charge in [0, 0.05) is 12.0 Å². The first-order chi connectivity index (χ1) is 7.81. The Kier molecular flexibility index (Phi) is 3.91. The molecule has 2 N–H and O–H groups in total. The van der Waals surface area contributed by atoms with Gasteiger partial charge in [-0.3, -0.25) is 14.4 Å². The highest BCUT2D eigenvalue weighted by molar-refractivity contribution is 6.38. The fourth-order valence-electron chi connectivity index (χ4n) is 1.89. The second-order valence-corrected chi connectivity index (χ2v) is 5.13. The van der Waals surface area contributed by atoms with E-state index in [4.69, 9.17) is 5.73 Å². The van der Waals surface area contributed by atoms with Gasteiger partial charge in [0.25, 0.3) is 5.91 Å². The van der Waals surface area contributed by atoms with Crippen molar-refractivity contribution < 1.29 is 14.4 Å². The molecule has 0 aromatic heterocycles. The molecular formula is C12H20N2O3. The summed E-state index contributed by atoms with van der Waals surface area (Å²) in [6.07, 6.45) is 1.87. The van der Waals surface area contributed by atoms with Gasteiger partial charge >= 0.3 is 0 Å². The highest BCUT2D eigenvalue weighted by Crippen LogP contribution is 2.25. The first-order valence-electron chi connectivity index (χ1n) is 5.96. The third-order valence-corrected chi connectivity index (χ3v) is 3.53. The summed E-state index contributed by atoms with van der Waals surface area (Å²) in [5, 5.41) is 0. The first kappa shape index (κ1) is 13.7. The Hall–Kier alpha value is -1.39. The lowest BCUT2D eigenvalue weighted by molar-refractivity contribution is -0.151. The maximum atomic E-state index is 12.0. The van der Waals surface area contributed by atoms with Crippen molar-refractivity contribution in [1.82, 2.24) is 4.90 Å². The number of hydrogen-bond donors (Lipinski definition) is 1. The molecule has 0 aliphatic carbocycles. The van der Waals surface area contributed by atoms with E-state index in [2.05, 4.69) is 0 Å². The predicted molar refractivity (Wildman–Crippen MR) is 63.0 cm³/mol. The smallest absolute Gasteiger partial charge is 0.291 e. The standard InChI is InChI=1S/C12H20N2O3/c1-4-12(2,3)9(15)11(17)14-7-5-6-8(14)10(13)16/h8H,4-7H2,1-3H3,(H2,13,16). The molecule has 1 aliphatic heterocycles. The van der Waals surface area contributed by atoms with Crippen LogP contribution in [0, 0.1) is 5.41 Å². The van der Waals surface area contributed by atoms with Crippen LogP contribution in [0.1, 0.15) is 40.0 Å². The number of hydrogen-bond acceptors (Lipinski definition) is 3. The maximum absolute atomic E-state index is 12.0. The number of likely N-dealkylation sites (tertiary alicyclic amines) is 1. The topological polar surface area (TPSA) is 80.5 Å². The molecule has 0 spiro atoms. The molecule has 1 aliphatic rings. The summed E-state index contributed by atoms with van der Waals surface area (Å²) in [7, 11) is 0. The Bertz CT molecular complexity index is 350. The number of ketones is 1. The van der Waals surface area contributed by atoms with Gasteiger partial charge in [-0.1, -0.05) is 20.8 Å². The summed E-state index contributed by atoms with van der Waals surface area (Å²) < 4.78 is 0. The molecular weight excluding hydrogens is 220 g/mol. The number of nitrogens with two attached hydrogens (primary N) is 1. The van der Waals surface area contributed by atoms with Crippen molar-refractivity contribution in [2.24, 2.45) is 11.1 Å². The molecule has 1 fully saturated rings. The Balaban J connectivity index is 2.83. The van der Waals surface area contributed by atoms with Gasteiger partial charge < -0.3 is 10.6 Å². The van der Waals surface area contributed by atoms with Gasteiger partial charge in [-0.15, -0.1) is 0 Å². The number of carbonyl (C=O) groups excluding carboxylic acids is 3. The van der Waals surface area contributed by atoms with Crippen molar-refractivity contribution in [3.63, 3.8) is 0 Å². The van der Waals surface area contributed by atoms with Crippen molar-refractivity contribution in [3.05, 3.63) is 0 Å². The lowest BCUT2D eigenvalue weighted by Crippen LogP contribution is -2.49. The van der Waals surface area contributed by atoms with Crippen molar-refractivity contribution in [1.29, 1.82) is 0 Å². The molecule has 96 valence electrons. The Labute approximate surface area is 101 Å². The molecule has 5 nitrogen and oxygen atoms in total. The number of rotatable bonds is 4. The summed E-state index contributed by atoms with van der Waals surface area (Å²) in [6.45, 7) is 5.78. The predicted octanol–water partition coefficient (Wildman–Crippen LogP) is 0.468. The maximum Gasteiger partial charge on any atom is 0.291 e. The summed E-state index contributed by atoms with van der Waals surface area (Å²) >= 11 is 0. The second kappa shape index (κ2) is 4.85. The van der Waals surface area contributed by atoms with Crippen LogP contribution in [0.25, 0.3) is 0 Å². The van der Waals surface area contributed by atoms with E-state index in [1.165, 1.54) is 4.90 Å². The van der Waals surface area contributed by atoms with Gasteiger partial charge in [0.1, 0.15) is 6.04 Å². The van der Waals surface area contributed by atoms with E-state index in [-0.39, 0.29) is 0 Å². The molecule has 0 bridgehead atoms. The number of nitrogens with zero attached hydrogens (tertiary/aromatic N) is 1. The van der Waals surface area contributed by atoms with Crippen molar-refractivity contribution in [2.45, 2.75) is 46.1 Å². The molecule has 0 radical (unpaired) electrons. The summed E-state index contributed by atoms with van der Waals surface area (Å²) in [4.78, 5) is 36.5. The van der Waals surface area contributed by atoms with Crippen LogP contribution in [0.5, 0.6) is 0 Å². The third-order valence-electron chi connectivity index (χ3n) is 3.53. The van der Waals surface area contributed by atoms with Crippen LogP contribution in [0.15, 0.2) is 0 Å². The Morgan fingerprint density at radius 3 is 2.41 bits per heavy atom. The van der Waals surface area contributed by atoms with E-state index in [1.54, 1.807) is 13.8 Å². The molecule has 0 aromatic carbocycles. The third kappa shape index (κ3) is 2.65. The van der Waals surface area contributed by atoms with Gasteiger partial charge in [0.2, 0.25) is 11.7 Å². The molecule has 17 heavy (non-hydrogen) atoms. The molecule has 1 atom stereocenters. The molecule has 1 saturated heterocycles. The van der Waals surface area contributed by atoms with E-state index < -0.39 is 29.1 Å². The monoisotopic (exact) mass is 240 g/mol. The van der Waals surface area contributed by atoms with Crippen molar-refractivity contribution in [2.75, 3.05) is 6.54 Å². The summed E-state index contributed by atoms with van der Waals surface area (Å²) in [5.41, 5.74) is 4.54. The fourth-order valence-corrected chi connectivity index (χ4v) is 1.89. The lowest BCUT2D eigenvalue weighted by atomic mass is 9.84. The highest BCUT2D eigenvalue weighted by atomic mass is 16.2. The molecule has 1 unspecified atom stereocenters. The Morgan fingerprint density at radius 1 is 1.35 bits per heavy atom. The average molecular weight is 240 g/mol. The van der Waals surface area contributed by atoms with Crippen LogP contribution in [-0.2, 0) is 14.4 Å². The van der Waals surface area contributed by atoms with Gasteiger partial charge in [0.05, 0.1) is 0 Å². The average Bonchev–Trinajstić information content (AvgIpc) is 2.75. The number of primary amides is 1. The zero-order chi connectivity index (χ0) is 13.2. The normalized spacial score (nSPS) is 20.4. The number of amides is 2. The van der Waals surface area contributed by atoms with Crippen LogP contribution in [-0.4, -0.2) is 35.1 Å². The van der Waals surface area contributed by atoms with Crippen molar-refractivity contribution in [3.8, 4) is 0 Å². The van der Waals surface area contributed by atoms with Crippen LogP contribution in [0.4, 0.5) is 0 Å². The molecule has 0 aromatic rings. The zero-order valence-corrected chi connectivity index (χ0v) is 10.7. The highest BCUT2D eigenvalue weighted by Gasteiger charge is 2.40. The summed E-state index contributed by atoms with van der Waals surface area (Å²) in [6, 6.07) is -0.612. The van der Waals surface area contributed by atoms with E-state index in [1.807, 2.05) is 6.92 Å². The van der Waals surface area contributed by atoms with Crippen LogP contribution < -0.4 is 5.73 Å². The van der Waals surface area contributed by atoms with Crippen LogP contribution in [0.3, 0.4) is 0 Å². The minimum absolute atomic E-state index is 0.437. The minimum atomic E-state index is -0.679. The van der Waals surface area contributed by atoms with E-state index in [0.717, 1.165) is 6.42 Å². The first-order valence-corrected chi connectivity index (χ1v) is 5.96. The Morgan fingerprint density at radius 2 is 1.94 bits per heavy atom. The summed E-state index contributed by atoms with van der Waals surface area (Å²) in [5.74, 6) is -1.54. The van der Waals surface area contributed by atoms with Gasteiger partial charge in [0.15, 0.2) is 0 Å². The second-order valence-electron chi connectivity index (χ2n) is 5.13. The van der Waals surface area contributed by atoms with Crippen molar-refractivity contribution >= 4 is 17.6 Å². The molecule has 1 heterocycles. The zero-order valence-electron chi connectivity index (χ0n) is 10.7. The SMILES string of the molecule is CCC(C)(C)C(=O)C(=O)N1CCCC1C(N)=O. The van der Waals surface area contributed by atoms with Gasteiger partial charge in [-0.05, 0) is 19.3 Å². The minimum Gasteiger partial charge on any atom is -0.368 e. The molecule has 2 amide bonds.